The summed E-state index contributed by atoms with van der Waals surface area (Å²) in [6.45, 7) is 8.38. The number of hydrogen-bond donors (Lipinski definition) is 1. The standard InChI is InChI=1S/C28H59NO/c1-3-5-6-7-8-9-10-11-12-13-14-15-16-17-18-19-20-21-22-23-26-29(25-4-2)27-24-28-30/h30H,3-28H2,1-2H3. The van der Waals surface area contributed by atoms with Gasteiger partial charge in [-0.05, 0) is 32.4 Å². The zero-order chi connectivity index (χ0) is 22.0. The molecule has 0 aromatic heterocycles. The summed E-state index contributed by atoms with van der Waals surface area (Å²) in [5.74, 6) is 0. The Balaban J connectivity index is 3.15. The molecule has 1 N–H and O–H groups in total. The lowest BCUT2D eigenvalue weighted by atomic mass is 10.0. The minimum Gasteiger partial charge on any atom is -0.396 e. The molecule has 30 heavy (non-hydrogen) atoms. The molecule has 0 atom stereocenters. The zero-order valence-electron chi connectivity index (χ0n) is 21.3. The first kappa shape index (κ1) is 29.9. The molecule has 0 fully saturated rings. The van der Waals surface area contributed by atoms with Gasteiger partial charge in [0, 0.05) is 13.2 Å². The van der Waals surface area contributed by atoms with Crippen molar-refractivity contribution in [1.29, 1.82) is 0 Å². The smallest absolute Gasteiger partial charge is 0.0443 e. The van der Waals surface area contributed by atoms with Gasteiger partial charge >= 0.3 is 0 Å². The van der Waals surface area contributed by atoms with E-state index in [9.17, 15) is 0 Å². The van der Waals surface area contributed by atoms with Crippen molar-refractivity contribution in [1.82, 2.24) is 4.90 Å². The van der Waals surface area contributed by atoms with Crippen molar-refractivity contribution < 1.29 is 5.11 Å². The highest BCUT2D eigenvalue weighted by Gasteiger charge is 2.02. The van der Waals surface area contributed by atoms with Crippen LogP contribution in [0.4, 0.5) is 0 Å². The monoisotopic (exact) mass is 425 g/mol. The van der Waals surface area contributed by atoms with Gasteiger partial charge in [-0.2, -0.15) is 0 Å². The van der Waals surface area contributed by atoms with E-state index in [1.165, 1.54) is 148 Å². The predicted molar refractivity (Wildman–Crippen MR) is 136 cm³/mol. The van der Waals surface area contributed by atoms with Crippen molar-refractivity contribution in [2.45, 2.75) is 155 Å². The van der Waals surface area contributed by atoms with Crippen LogP contribution in [0.5, 0.6) is 0 Å². The van der Waals surface area contributed by atoms with Crippen molar-refractivity contribution in [3.05, 3.63) is 0 Å². The fourth-order valence-corrected chi connectivity index (χ4v) is 4.54. The third-order valence-electron chi connectivity index (χ3n) is 6.50. The van der Waals surface area contributed by atoms with E-state index >= 15 is 0 Å². The van der Waals surface area contributed by atoms with E-state index in [4.69, 9.17) is 5.11 Å². The largest absolute Gasteiger partial charge is 0.396 e. The van der Waals surface area contributed by atoms with E-state index in [0.717, 1.165) is 13.0 Å². The summed E-state index contributed by atoms with van der Waals surface area (Å²) in [7, 11) is 0. The SMILES string of the molecule is CCCCCCCCCCCCCCCCCCCCCCN(CCC)CCCO. The summed E-state index contributed by atoms with van der Waals surface area (Å²) in [6, 6.07) is 0. The van der Waals surface area contributed by atoms with E-state index in [1.54, 1.807) is 0 Å². The molecule has 0 heterocycles. The molecule has 0 rings (SSSR count). The first-order valence-electron chi connectivity index (χ1n) is 14.2. The molecule has 0 aliphatic carbocycles. The lowest BCUT2D eigenvalue weighted by molar-refractivity contribution is 0.220. The first-order chi connectivity index (χ1) is 14.8. The van der Waals surface area contributed by atoms with Crippen LogP contribution in [0, 0.1) is 0 Å². The van der Waals surface area contributed by atoms with Gasteiger partial charge in [-0.1, -0.05) is 136 Å². The topological polar surface area (TPSA) is 23.5 Å². The lowest BCUT2D eigenvalue weighted by Gasteiger charge is -2.21. The number of unbranched alkanes of at least 4 members (excludes halogenated alkanes) is 19. The second-order valence-corrected chi connectivity index (χ2v) is 9.64. The summed E-state index contributed by atoms with van der Waals surface area (Å²) in [5, 5.41) is 9.00. The fourth-order valence-electron chi connectivity index (χ4n) is 4.54. The summed E-state index contributed by atoms with van der Waals surface area (Å²) in [6.07, 6.45) is 31.1. The van der Waals surface area contributed by atoms with Gasteiger partial charge < -0.3 is 10.0 Å². The van der Waals surface area contributed by atoms with E-state index in [1.807, 2.05) is 0 Å². The van der Waals surface area contributed by atoms with Gasteiger partial charge in [-0.3, -0.25) is 0 Å². The molecule has 0 unspecified atom stereocenters. The average Bonchev–Trinajstić information content (AvgIpc) is 2.76. The van der Waals surface area contributed by atoms with Crippen LogP contribution in [0.15, 0.2) is 0 Å². The van der Waals surface area contributed by atoms with Gasteiger partial charge in [0.2, 0.25) is 0 Å². The summed E-state index contributed by atoms with van der Waals surface area (Å²) in [4.78, 5) is 2.53. The summed E-state index contributed by atoms with van der Waals surface area (Å²) >= 11 is 0. The molecule has 0 saturated carbocycles. The van der Waals surface area contributed by atoms with Crippen molar-refractivity contribution >= 4 is 0 Å². The molecule has 2 heteroatoms. The van der Waals surface area contributed by atoms with Gasteiger partial charge in [-0.15, -0.1) is 0 Å². The molecule has 0 spiro atoms. The molecule has 0 saturated heterocycles. The number of aliphatic hydroxyl groups is 1. The Morgan fingerprint density at radius 3 is 1.03 bits per heavy atom. The zero-order valence-corrected chi connectivity index (χ0v) is 21.3. The maximum atomic E-state index is 9.00. The Bertz CT molecular complexity index is 294. The van der Waals surface area contributed by atoms with Crippen molar-refractivity contribution in [2.24, 2.45) is 0 Å². The quantitative estimate of drug-likeness (QED) is 0.140. The molecule has 0 bridgehead atoms. The number of hydrogen-bond acceptors (Lipinski definition) is 2. The van der Waals surface area contributed by atoms with Crippen LogP contribution < -0.4 is 0 Å². The van der Waals surface area contributed by atoms with E-state index in [-0.39, 0.29) is 0 Å². The lowest BCUT2D eigenvalue weighted by Crippen LogP contribution is -2.27. The third kappa shape index (κ3) is 24.2. The second-order valence-electron chi connectivity index (χ2n) is 9.64. The molecule has 0 radical (unpaired) electrons. The van der Waals surface area contributed by atoms with E-state index in [2.05, 4.69) is 18.7 Å². The van der Waals surface area contributed by atoms with E-state index in [0.29, 0.717) is 6.61 Å². The highest BCUT2D eigenvalue weighted by molar-refractivity contribution is 4.58. The van der Waals surface area contributed by atoms with Crippen LogP contribution >= 0.6 is 0 Å². The third-order valence-corrected chi connectivity index (χ3v) is 6.50. The van der Waals surface area contributed by atoms with Crippen LogP contribution in [0.3, 0.4) is 0 Å². The number of nitrogens with zero attached hydrogens (tertiary/aromatic N) is 1. The van der Waals surface area contributed by atoms with Crippen molar-refractivity contribution in [2.75, 3.05) is 26.2 Å². The number of aliphatic hydroxyl groups excluding tert-OH is 1. The number of rotatable bonds is 26. The fraction of sp³-hybridized carbons (Fsp3) is 1.00. The normalized spacial score (nSPS) is 11.6. The van der Waals surface area contributed by atoms with Crippen molar-refractivity contribution in [3.8, 4) is 0 Å². The Kier molecular flexibility index (Phi) is 26.9. The molecule has 0 aliphatic heterocycles. The Labute approximate surface area is 191 Å². The van der Waals surface area contributed by atoms with Crippen LogP contribution in [-0.4, -0.2) is 36.2 Å². The minimum absolute atomic E-state index is 0.333. The molecule has 0 amide bonds. The van der Waals surface area contributed by atoms with Gasteiger partial charge in [0.15, 0.2) is 0 Å². The molecular weight excluding hydrogens is 366 g/mol. The van der Waals surface area contributed by atoms with Crippen LogP contribution in [0.2, 0.25) is 0 Å². The Morgan fingerprint density at radius 1 is 0.367 bits per heavy atom. The van der Waals surface area contributed by atoms with Crippen LogP contribution in [-0.2, 0) is 0 Å². The van der Waals surface area contributed by atoms with Crippen LogP contribution in [0.1, 0.15) is 155 Å². The first-order valence-corrected chi connectivity index (χ1v) is 14.2. The summed E-state index contributed by atoms with van der Waals surface area (Å²) < 4.78 is 0. The predicted octanol–water partition coefficient (Wildman–Crippen LogP) is 8.90. The maximum absolute atomic E-state index is 9.00. The van der Waals surface area contributed by atoms with Gasteiger partial charge in [0.05, 0.1) is 0 Å². The van der Waals surface area contributed by atoms with Crippen LogP contribution in [0.25, 0.3) is 0 Å². The highest BCUT2D eigenvalue weighted by atomic mass is 16.3. The van der Waals surface area contributed by atoms with Gasteiger partial charge in [0.1, 0.15) is 0 Å². The second kappa shape index (κ2) is 27.0. The van der Waals surface area contributed by atoms with Gasteiger partial charge in [-0.25, -0.2) is 0 Å². The molecule has 0 aromatic carbocycles. The molecule has 182 valence electrons. The Hall–Kier alpha value is -0.0800. The molecule has 2 nitrogen and oxygen atoms in total. The van der Waals surface area contributed by atoms with E-state index < -0.39 is 0 Å². The van der Waals surface area contributed by atoms with Crippen molar-refractivity contribution in [3.63, 3.8) is 0 Å². The maximum Gasteiger partial charge on any atom is 0.0443 e. The highest BCUT2D eigenvalue weighted by Crippen LogP contribution is 2.15. The minimum atomic E-state index is 0.333. The molecular formula is C28H59NO. The van der Waals surface area contributed by atoms with Gasteiger partial charge in [0.25, 0.3) is 0 Å². The average molecular weight is 426 g/mol. The summed E-state index contributed by atoms with van der Waals surface area (Å²) in [5.41, 5.74) is 0. The molecule has 0 aliphatic rings. The Morgan fingerprint density at radius 2 is 0.700 bits per heavy atom. The molecule has 0 aromatic rings.